The lowest BCUT2D eigenvalue weighted by molar-refractivity contribution is -0.115. The number of anilines is 1. The Kier molecular flexibility index (Phi) is 5.00. The van der Waals surface area contributed by atoms with Gasteiger partial charge in [0.05, 0.1) is 30.2 Å². The quantitative estimate of drug-likeness (QED) is 0.378. The second-order valence-corrected chi connectivity index (χ2v) is 7.60. The molecule has 9 nitrogen and oxygen atoms in total. The molecule has 160 valence electrons. The summed E-state index contributed by atoms with van der Waals surface area (Å²) in [5, 5.41) is 15.0. The lowest BCUT2D eigenvalue weighted by Crippen LogP contribution is -2.27. The first-order chi connectivity index (χ1) is 15.6. The second-order valence-electron chi connectivity index (χ2n) is 7.60. The van der Waals surface area contributed by atoms with Crippen molar-refractivity contribution < 1.29 is 9.59 Å². The van der Waals surface area contributed by atoms with Gasteiger partial charge in [0.1, 0.15) is 0 Å². The molecule has 9 heteroatoms. The molecule has 0 radical (unpaired) electrons. The lowest BCUT2D eigenvalue weighted by atomic mass is 10.0. The fraction of sp³-hybridized carbons (Fsp3) is 0.130. The number of rotatable bonds is 6. The van der Waals surface area contributed by atoms with Crippen LogP contribution in [0.4, 0.5) is 5.69 Å². The normalized spacial score (nSPS) is 12.6. The highest BCUT2D eigenvalue weighted by Gasteiger charge is 2.22. The van der Waals surface area contributed by atoms with Crippen molar-refractivity contribution in [3.05, 3.63) is 71.5 Å². The molecule has 32 heavy (non-hydrogen) atoms. The van der Waals surface area contributed by atoms with Crippen molar-refractivity contribution in [1.29, 1.82) is 0 Å². The molecule has 2 amide bonds. The minimum atomic E-state index is -0.333. The van der Waals surface area contributed by atoms with Gasteiger partial charge >= 0.3 is 0 Å². The average molecular weight is 427 g/mol. The zero-order chi connectivity index (χ0) is 22.1. The zero-order valence-corrected chi connectivity index (χ0v) is 17.3. The number of aromatic amines is 1. The van der Waals surface area contributed by atoms with E-state index in [1.54, 1.807) is 23.2 Å². The molecule has 0 bridgehead atoms. The van der Waals surface area contributed by atoms with E-state index in [0.717, 1.165) is 33.3 Å². The fourth-order valence-electron chi connectivity index (χ4n) is 3.85. The SMILES string of the molecule is Cn1cc(-c2[nH]c3cc(NC(=O)CNCc4ccccc4)cc4c3c2C=NNC4=O)cn1. The third kappa shape index (κ3) is 3.77. The third-order valence-corrected chi connectivity index (χ3v) is 5.28. The Hall–Kier alpha value is -4.24. The van der Waals surface area contributed by atoms with Gasteiger partial charge in [-0.3, -0.25) is 14.3 Å². The highest BCUT2D eigenvalue weighted by Crippen LogP contribution is 2.34. The molecular formula is C23H21N7O2. The van der Waals surface area contributed by atoms with Crippen LogP contribution in [0.2, 0.25) is 0 Å². The van der Waals surface area contributed by atoms with Gasteiger partial charge in [-0.15, -0.1) is 0 Å². The van der Waals surface area contributed by atoms with Crippen molar-refractivity contribution in [3.63, 3.8) is 0 Å². The molecule has 3 heterocycles. The van der Waals surface area contributed by atoms with Crippen LogP contribution in [0.1, 0.15) is 21.5 Å². The van der Waals surface area contributed by atoms with Crippen LogP contribution in [0.25, 0.3) is 22.2 Å². The summed E-state index contributed by atoms with van der Waals surface area (Å²) >= 11 is 0. The molecule has 2 aromatic heterocycles. The summed E-state index contributed by atoms with van der Waals surface area (Å²) in [4.78, 5) is 28.5. The van der Waals surface area contributed by atoms with E-state index in [4.69, 9.17) is 0 Å². The molecule has 1 aliphatic heterocycles. The third-order valence-electron chi connectivity index (χ3n) is 5.28. The lowest BCUT2D eigenvalue weighted by Gasteiger charge is -2.09. The summed E-state index contributed by atoms with van der Waals surface area (Å²) in [6.07, 6.45) is 5.26. The number of amides is 2. The zero-order valence-electron chi connectivity index (χ0n) is 17.3. The average Bonchev–Trinajstić information content (AvgIpc) is 3.32. The molecule has 0 saturated heterocycles. The highest BCUT2D eigenvalue weighted by atomic mass is 16.2. The Morgan fingerprint density at radius 2 is 2.03 bits per heavy atom. The number of nitrogens with one attached hydrogen (secondary N) is 4. The first-order valence-electron chi connectivity index (χ1n) is 10.1. The molecule has 2 aromatic carbocycles. The Morgan fingerprint density at radius 3 is 2.81 bits per heavy atom. The van der Waals surface area contributed by atoms with E-state index in [0.29, 0.717) is 17.8 Å². The van der Waals surface area contributed by atoms with Crippen LogP contribution >= 0.6 is 0 Å². The first-order valence-corrected chi connectivity index (χ1v) is 10.1. The van der Waals surface area contributed by atoms with Crippen LogP contribution in [0.5, 0.6) is 0 Å². The predicted molar refractivity (Wildman–Crippen MR) is 122 cm³/mol. The monoisotopic (exact) mass is 427 g/mol. The summed E-state index contributed by atoms with van der Waals surface area (Å²) < 4.78 is 1.71. The number of carbonyl (C=O) groups excluding carboxylic acids is 2. The van der Waals surface area contributed by atoms with Gasteiger partial charge in [-0.25, -0.2) is 5.43 Å². The van der Waals surface area contributed by atoms with E-state index < -0.39 is 0 Å². The maximum absolute atomic E-state index is 12.6. The minimum Gasteiger partial charge on any atom is -0.354 e. The van der Waals surface area contributed by atoms with Gasteiger partial charge in [-0.2, -0.15) is 10.2 Å². The number of hydrogen-bond donors (Lipinski definition) is 4. The summed E-state index contributed by atoms with van der Waals surface area (Å²) in [5.41, 5.74) is 7.80. The van der Waals surface area contributed by atoms with E-state index in [2.05, 4.69) is 31.2 Å². The summed E-state index contributed by atoms with van der Waals surface area (Å²) in [6.45, 7) is 0.737. The van der Waals surface area contributed by atoms with Gasteiger partial charge in [-0.1, -0.05) is 30.3 Å². The molecular weight excluding hydrogens is 406 g/mol. The molecule has 5 rings (SSSR count). The fourth-order valence-corrected chi connectivity index (χ4v) is 3.85. The number of aromatic nitrogens is 3. The van der Waals surface area contributed by atoms with Crippen molar-refractivity contribution in [1.82, 2.24) is 25.5 Å². The standard InChI is InChI=1S/C23H21N7O2/c1-30-13-15(10-26-30)22-18-11-25-29-23(32)17-7-16(8-19(28-22)21(17)18)27-20(31)12-24-9-14-5-3-2-4-6-14/h2-8,10-11,13,24,28H,9,12H2,1H3,(H,27,31)(H,29,32). The van der Waals surface area contributed by atoms with Gasteiger partial charge in [-0.05, 0) is 17.7 Å². The Morgan fingerprint density at radius 1 is 1.19 bits per heavy atom. The highest BCUT2D eigenvalue weighted by molar-refractivity contribution is 6.18. The number of hydrazone groups is 1. The van der Waals surface area contributed by atoms with Crippen LogP contribution in [0, 0.1) is 0 Å². The first kappa shape index (κ1) is 19.7. The molecule has 0 unspecified atom stereocenters. The van der Waals surface area contributed by atoms with E-state index in [1.807, 2.05) is 49.6 Å². The van der Waals surface area contributed by atoms with Gasteiger partial charge in [0, 0.05) is 47.5 Å². The Labute approximate surface area is 183 Å². The summed E-state index contributed by atoms with van der Waals surface area (Å²) in [6, 6.07) is 13.4. The molecule has 0 atom stereocenters. The number of benzene rings is 2. The van der Waals surface area contributed by atoms with E-state index >= 15 is 0 Å². The molecule has 1 aliphatic rings. The van der Waals surface area contributed by atoms with Crippen LogP contribution in [0.15, 0.2) is 60.0 Å². The molecule has 0 spiro atoms. The van der Waals surface area contributed by atoms with Crippen molar-refractivity contribution in [2.45, 2.75) is 6.54 Å². The summed E-state index contributed by atoms with van der Waals surface area (Å²) in [7, 11) is 1.84. The topological polar surface area (TPSA) is 116 Å². The number of H-pyrrole nitrogens is 1. The number of hydrogen-bond acceptors (Lipinski definition) is 5. The van der Waals surface area contributed by atoms with Crippen LogP contribution in [0.3, 0.4) is 0 Å². The maximum Gasteiger partial charge on any atom is 0.272 e. The number of aryl methyl sites for hydroxylation is 1. The molecule has 4 N–H and O–H groups in total. The van der Waals surface area contributed by atoms with Gasteiger partial charge in [0.15, 0.2) is 0 Å². The molecule has 0 saturated carbocycles. The number of carbonyl (C=O) groups is 2. The van der Waals surface area contributed by atoms with Gasteiger partial charge in [0.25, 0.3) is 5.91 Å². The molecule has 0 aliphatic carbocycles. The predicted octanol–water partition coefficient (Wildman–Crippen LogP) is 2.37. The van der Waals surface area contributed by atoms with E-state index in [-0.39, 0.29) is 18.4 Å². The number of nitrogens with zero attached hydrogens (tertiary/aromatic N) is 3. The van der Waals surface area contributed by atoms with E-state index in [1.165, 1.54) is 0 Å². The molecule has 0 fully saturated rings. The van der Waals surface area contributed by atoms with E-state index in [9.17, 15) is 9.59 Å². The van der Waals surface area contributed by atoms with Crippen molar-refractivity contribution >= 4 is 34.6 Å². The Balaban J connectivity index is 1.42. The van der Waals surface area contributed by atoms with Gasteiger partial charge in [0.2, 0.25) is 5.91 Å². The minimum absolute atomic E-state index is 0.147. The maximum atomic E-state index is 12.6. The van der Waals surface area contributed by atoms with Crippen molar-refractivity contribution in [2.24, 2.45) is 12.1 Å². The molecule has 4 aromatic rings. The van der Waals surface area contributed by atoms with Crippen molar-refractivity contribution in [3.8, 4) is 11.3 Å². The van der Waals surface area contributed by atoms with Crippen molar-refractivity contribution in [2.75, 3.05) is 11.9 Å². The smallest absolute Gasteiger partial charge is 0.272 e. The second kappa shape index (κ2) is 8.12. The summed E-state index contributed by atoms with van der Waals surface area (Å²) in [5.74, 6) is -0.530. The largest absolute Gasteiger partial charge is 0.354 e. The van der Waals surface area contributed by atoms with Crippen LogP contribution < -0.4 is 16.1 Å². The van der Waals surface area contributed by atoms with Crippen LogP contribution in [-0.4, -0.2) is 39.3 Å². The Bertz CT molecular complexity index is 1350. The van der Waals surface area contributed by atoms with Gasteiger partial charge < -0.3 is 15.6 Å². The van der Waals surface area contributed by atoms with Crippen LogP contribution in [-0.2, 0) is 18.4 Å².